The monoisotopic (exact) mass is 453 g/mol. The summed E-state index contributed by atoms with van der Waals surface area (Å²) in [6.07, 6.45) is 3.83. The number of aromatic nitrogens is 4. The Bertz CT molecular complexity index is 1450. The smallest absolute Gasteiger partial charge is 0.205 e. The minimum absolute atomic E-state index is 0.00549. The number of nitrogens with zero attached hydrogens (tertiary/aromatic N) is 5. The first-order valence-electron chi connectivity index (χ1n) is 10.4. The largest absolute Gasteiger partial charge is 0.461 e. The predicted octanol–water partition coefficient (Wildman–Crippen LogP) is 5.37. The summed E-state index contributed by atoms with van der Waals surface area (Å²) in [5.74, 6) is 1.38. The fourth-order valence-electron chi connectivity index (χ4n) is 3.77. The van der Waals surface area contributed by atoms with Crippen molar-refractivity contribution in [2.45, 2.75) is 18.1 Å². The Kier molecular flexibility index (Phi) is 5.79. The van der Waals surface area contributed by atoms with Crippen LogP contribution in [0.4, 0.5) is 0 Å². The standard InChI is InChI=1S/C25H19N5O2S/c26-13-7-14-29-16-20(19-10-4-5-11-21(19)29)22(31)17-33-25-28-27-24(23-12-6-15-32-23)30(25)18-8-2-1-3-9-18/h1-6,8-12,15-16H,7,14,17H2. The number of hydrogen-bond donors (Lipinski definition) is 0. The Balaban J connectivity index is 1.45. The zero-order valence-electron chi connectivity index (χ0n) is 17.6. The molecule has 0 aliphatic heterocycles. The number of rotatable bonds is 8. The zero-order valence-corrected chi connectivity index (χ0v) is 18.4. The topological polar surface area (TPSA) is 89.6 Å². The van der Waals surface area contributed by atoms with Gasteiger partial charge in [0.1, 0.15) is 0 Å². The molecule has 0 spiro atoms. The minimum Gasteiger partial charge on any atom is -0.461 e. The second kappa shape index (κ2) is 9.18. The molecule has 0 N–H and O–H groups in total. The van der Waals surface area contributed by atoms with Crippen molar-refractivity contribution >= 4 is 28.4 Å². The van der Waals surface area contributed by atoms with Crippen LogP contribution in [-0.2, 0) is 6.54 Å². The highest BCUT2D eigenvalue weighted by atomic mass is 32.2. The summed E-state index contributed by atoms with van der Waals surface area (Å²) in [5, 5.41) is 19.1. The second-order valence-corrected chi connectivity index (χ2v) is 8.27. The predicted molar refractivity (Wildman–Crippen MR) is 126 cm³/mol. The van der Waals surface area contributed by atoms with Crippen LogP contribution < -0.4 is 0 Å². The fraction of sp³-hybridized carbons (Fsp3) is 0.120. The molecule has 5 aromatic rings. The fourth-order valence-corrected chi connectivity index (χ4v) is 4.61. The molecular formula is C25H19N5O2S. The second-order valence-electron chi connectivity index (χ2n) is 7.33. The van der Waals surface area contributed by atoms with Crippen LogP contribution in [0.1, 0.15) is 16.8 Å². The SMILES string of the molecule is N#CCCn1cc(C(=O)CSc2nnc(-c3ccco3)n2-c2ccccc2)c2ccccc21. The van der Waals surface area contributed by atoms with Gasteiger partial charge in [-0.2, -0.15) is 5.26 Å². The molecule has 0 saturated heterocycles. The van der Waals surface area contributed by atoms with E-state index in [1.54, 1.807) is 12.3 Å². The van der Waals surface area contributed by atoms with Crippen LogP contribution in [0.2, 0.25) is 0 Å². The van der Waals surface area contributed by atoms with Crippen molar-refractivity contribution in [2.24, 2.45) is 0 Å². The number of ketones is 1. The third-order valence-corrected chi connectivity index (χ3v) is 6.20. The van der Waals surface area contributed by atoms with Crippen molar-refractivity contribution in [2.75, 3.05) is 5.75 Å². The quantitative estimate of drug-likeness (QED) is 0.232. The van der Waals surface area contributed by atoms with E-state index in [-0.39, 0.29) is 11.5 Å². The molecule has 33 heavy (non-hydrogen) atoms. The number of Topliss-reactive ketones (excluding diaryl/α,β-unsaturated/α-hetero) is 1. The van der Waals surface area contributed by atoms with Crippen molar-refractivity contribution < 1.29 is 9.21 Å². The Morgan fingerprint density at radius 3 is 2.64 bits per heavy atom. The van der Waals surface area contributed by atoms with Gasteiger partial charge in [-0.3, -0.25) is 9.36 Å². The maximum absolute atomic E-state index is 13.2. The Hall–Kier alpha value is -4.09. The maximum Gasteiger partial charge on any atom is 0.205 e. The molecule has 0 bridgehead atoms. The van der Waals surface area contributed by atoms with E-state index in [9.17, 15) is 4.79 Å². The lowest BCUT2D eigenvalue weighted by Gasteiger charge is -2.08. The van der Waals surface area contributed by atoms with Gasteiger partial charge in [-0.05, 0) is 30.3 Å². The number of fused-ring (bicyclic) bond motifs is 1. The van der Waals surface area contributed by atoms with E-state index in [4.69, 9.17) is 9.68 Å². The van der Waals surface area contributed by atoms with Gasteiger partial charge < -0.3 is 8.98 Å². The molecule has 5 rings (SSSR count). The lowest BCUT2D eigenvalue weighted by Crippen LogP contribution is -2.05. The molecule has 0 fully saturated rings. The van der Waals surface area contributed by atoms with Crippen LogP contribution in [0.3, 0.4) is 0 Å². The number of thioether (sulfide) groups is 1. The van der Waals surface area contributed by atoms with E-state index in [1.807, 2.05) is 76.0 Å². The molecular weight excluding hydrogens is 434 g/mol. The maximum atomic E-state index is 13.2. The number of nitriles is 1. The summed E-state index contributed by atoms with van der Waals surface area (Å²) < 4.78 is 9.41. The normalized spacial score (nSPS) is 11.0. The highest BCUT2D eigenvalue weighted by molar-refractivity contribution is 7.99. The van der Waals surface area contributed by atoms with E-state index in [1.165, 1.54) is 11.8 Å². The lowest BCUT2D eigenvalue weighted by molar-refractivity contribution is 0.102. The van der Waals surface area contributed by atoms with Gasteiger partial charge in [-0.1, -0.05) is 48.2 Å². The number of para-hydroxylation sites is 2. The number of hydrogen-bond acceptors (Lipinski definition) is 6. The number of carbonyl (C=O) groups excluding carboxylic acids is 1. The molecule has 8 heteroatoms. The number of benzene rings is 2. The molecule has 0 aliphatic rings. The van der Waals surface area contributed by atoms with Crippen LogP contribution in [0, 0.1) is 11.3 Å². The first-order chi connectivity index (χ1) is 16.3. The van der Waals surface area contributed by atoms with Crippen LogP contribution in [0.5, 0.6) is 0 Å². The Labute approximate surface area is 194 Å². The van der Waals surface area contributed by atoms with Gasteiger partial charge in [0, 0.05) is 34.9 Å². The van der Waals surface area contributed by atoms with Crippen LogP contribution >= 0.6 is 11.8 Å². The van der Waals surface area contributed by atoms with Crippen molar-refractivity contribution in [1.82, 2.24) is 19.3 Å². The third-order valence-electron chi connectivity index (χ3n) is 5.28. The van der Waals surface area contributed by atoms with E-state index >= 15 is 0 Å². The van der Waals surface area contributed by atoms with Gasteiger partial charge in [-0.15, -0.1) is 10.2 Å². The number of furan rings is 1. The molecule has 0 saturated carbocycles. The number of carbonyl (C=O) groups is 1. The van der Waals surface area contributed by atoms with E-state index in [0.717, 1.165) is 16.6 Å². The molecule has 0 radical (unpaired) electrons. The van der Waals surface area contributed by atoms with Crippen LogP contribution in [-0.4, -0.2) is 30.9 Å². The molecule has 3 aromatic heterocycles. The molecule has 0 amide bonds. The Morgan fingerprint density at radius 1 is 1.03 bits per heavy atom. The summed E-state index contributed by atoms with van der Waals surface area (Å²) in [7, 11) is 0. The first kappa shape index (κ1) is 20.8. The highest BCUT2D eigenvalue weighted by Crippen LogP contribution is 2.30. The molecule has 0 aliphatic carbocycles. The van der Waals surface area contributed by atoms with Gasteiger partial charge in [0.2, 0.25) is 5.82 Å². The molecule has 7 nitrogen and oxygen atoms in total. The number of aryl methyl sites for hydroxylation is 1. The summed E-state index contributed by atoms with van der Waals surface area (Å²) >= 11 is 1.34. The molecule has 3 heterocycles. The van der Waals surface area contributed by atoms with Crippen molar-refractivity contribution in [3.63, 3.8) is 0 Å². The van der Waals surface area contributed by atoms with Gasteiger partial charge in [0.05, 0.1) is 24.5 Å². The summed E-state index contributed by atoms with van der Waals surface area (Å²) in [6.45, 7) is 0.548. The van der Waals surface area contributed by atoms with E-state index in [0.29, 0.717) is 35.3 Å². The average molecular weight is 454 g/mol. The van der Waals surface area contributed by atoms with Crippen molar-refractivity contribution in [1.29, 1.82) is 5.26 Å². The third kappa shape index (κ3) is 4.06. The van der Waals surface area contributed by atoms with Crippen LogP contribution in [0.25, 0.3) is 28.2 Å². The summed E-state index contributed by atoms with van der Waals surface area (Å²) in [4.78, 5) is 13.2. The zero-order chi connectivity index (χ0) is 22.6. The highest BCUT2D eigenvalue weighted by Gasteiger charge is 2.20. The molecule has 0 unspecified atom stereocenters. The van der Waals surface area contributed by atoms with Crippen molar-refractivity contribution in [3.05, 3.63) is 84.8 Å². The molecule has 0 atom stereocenters. The van der Waals surface area contributed by atoms with Crippen LogP contribution in [0.15, 0.2) is 88.8 Å². The van der Waals surface area contributed by atoms with Gasteiger partial charge >= 0.3 is 0 Å². The minimum atomic E-state index is -0.00549. The molecule has 2 aromatic carbocycles. The molecule has 162 valence electrons. The van der Waals surface area contributed by atoms with Crippen molar-refractivity contribution in [3.8, 4) is 23.3 Å². The summed E-state index contributed by atoms with van der Waals surface area (Å²) in [6, 6.07) is 23.3. The summed E-state index contributed by atoms with van der Waals surface area (Å²) in [5.41, 5.74) is 2.48. The van der Waals surface area contributed by atoms with Gasteiger partial charge in [0.15, 0.2) is 16.7 Å². The first-order valence-corrected chi connectivity index (χ1v) is 11.4. The lowest BCUT2D eigenvalue weighted by atomic mass is 10.1. The van der Waals surface area contributed by atoms with E-state index < -0.39 is 0 Å². The average Bonchev–Trinajstić information content (AvgIpc) is 3.60. The van der Waals surface area contributed by atoms with Gasteiger partial charge in [-0.25, -0.2) is 0 Å². The Morgan fingerprint density at radius 2 is 1.85 bits per heavy atom. The van der Waals surface area contributed by atoms with Gasteiger partial charge in [0.25, 0.3) is 0 Å². The van der Waals surface area contributed by atoms with E-state index in [2.05, 4.69) is 16.3 Å².